The van der Waals surface area contributed by atoms with Crippen LogP contribution in [0.3, 0.4) is 0 Å². The minimum Gasteiger partial charge on any atom is -0.508 e. The molecule has 0 aromatic heterocycles. The first-order valence-electron chi connectivity index (χ1n) is 9.13. The fourth-order valence-corrected chi connectivity index (χ4v) is 3.37. The Hall–Kier alpha value is -3.10. The number of ether oxygens (including phenoxy) is 5. The summed E-state index contributed by atoms with van der Waals surface area (Å²) in [5.74, 6) is -0.328. The number of phenolic OH excluding ortho intramolecular Hbond substituents is 1. The van der Waals surface area contributed by atoms with Crippen LogP contribution in [-0.4, -0.2) is 61.8 Å². The molecule has 0 saturated carbocycles. The number of fused-ring (bicyclic) bond motifs is 1. The number of methoxy groups -OCH3 is 1. The van der Waals surface area contributed by atoms with E-state index in [1.54, 1.807) is 31.4 Å². The topological polar surface area (TPSA) is 101 Å². The van der Waals surface area contributed by atoms with E-state index in [4.69, 9.17) is 23.7 Å². The van der Waals surface area contributed by atoms with E-state index in [0.717, 1.165) is 0 Å². The summed E-state index contributed by atoms with van der Waals surface area (Å²) in [5.41, 5.74) is 0.703. The third-order valence-electron chi connectivity index (χ3n) is 4.91. The van der Waals surface area contributed by atoms with Gasteiger partial charge in [-0.1, -0.05) is 0 Å². The zero-order chi connectivity index (χ0) is 20.4. The van der Waals surface area contributed by atoms with Gasteiger partial charge in [0.05, 0.1) is 31.5 Å². The molecule has 0 radical (unpaired) electrons. The molecule has 8 nitrogen and oxygen atoms in total. The Balaban J connectivity index is 1.35. The molecule has 4 unspecified atom stereocenters. The van der Waals surface area contributed by atoms with Crippen LogP contribution < -0.4 is 4.74 Å². The Morgan fingerprint density at radius 1 is 0.828 bits per heavy atom. The molecule has 152 valence electrons. The molecule has 8 heteroatoms. The number of esters is 2. The lowest BCUT2D eigenvalue weighted by Crippen LogP contribution is -2.36. The van der Waals surface area contributed by atoms with Crippen molar-refractivity contribution in [1.29, 1.82) is 0 Å². The smallest absolute Gasteiger partial charge is 0.338 e. The third-order valence-corrected chi connectivity index (χ3v) is 4.91. The van der Waals surface area contributed by atoms with Gasteiger partial charge in [-0.2, -0.15) is 0 Å². The lowest BCUT2D eigenvalue weighted by Gasteiger charge is -2.17. The fourth-order valence-electron chi connectivity index (χ4n) is 3.37. The fraction of sp³-hybridized carbons (Fsp3) is 0.333. The van der Waals surface area contributed by atoms with E-state index < -0.39 is 36.4 Å². The van der Waals surface area contributed by atoms with Crippen molar-refractivity contribution in [3.8, 4) is 11.5 Å². The summed E-state index contributed by atoms with van der Waals surface area (Å²) in [6.45, 7) is 0.306. The van der Waals surface area contributed by atoms with E-state index in [9.17, 15) is 14.7 Å². The Labute approximate surface area is 166 Å². The number of benzene rings is 2. The molecule has 2 aromatic rings. The van der Waals surface area contributed by atoms with Crippen molar-refractivity contribution < 1.29 is 38.4 Å². The van der Waals surface area contributed by atoms with Gasteiger partial charge in [0.25, 0.3) is 0 Å². The molecule has 0 bridgehead atoms. The van der Waals surface area contributed by atoms with E-state index in [-0.39, 0.29) is 19.0 Å². The molecule has 0 amide bonds. The Morgan fingerprint density at radius 3 is 1.72 bits per heavy atom. The lowest BCUT2D eigenvalue weighted by molar-refractivity contribution is -0.0287. The van der Waals surface area contributed by atoms with E-state index in [1.165, 1.54) is 24.3 Å². The van der Waals surface area contributed by atoms with Gasteiger partial charge < -0.3 is 28.8 Å². The Bertz CT molecular complexity index is 877. The number of phenols is 1. The monoisotopic (exact) mass is 400 g/mol. The molecule has 29 heavy (non-hydrogen) atoms. The highest BCUT2D eigenvalue weighted by atomic mass is 16.7. The van der Waals surface area contributed by atoms with Gasteiger partial charge in [-0.15, -0.1) is 0 Å². The van der Waals surface area contributed by atoms with Crippen LogP contribution in [0.5, 0.6) is 11.5 Å². The summed E-state index contributed by atoms with van der Waals surface area (Å²) in [6, 6.07) is 12.3. The standard InChI is InChI=1S/C21H20O8/c1-25-15-8-4-13(5-9-15)21(24)29-17-11-27-18-16(10-26-19(17)18)28-20(23)12-2-6-14(22)7-3-12/h2-9,16-19,22H,10-11H2,1H3. The van der Waals surface area contributed by atoms with E-state index >= 15 is 0 Å². The number of carbonyl (C=O) groups excluding carboxylic acids is 2. The predicted octanol–water partition coefficient (Wildman–Crippen LogP) is 1.95. The molecule has 2 aliphatic heterocycles. The number of hydrogen-bond donors (Lipinski definition) is 1. The SMILES string of the molecule is COc1ccc(C(=O)OC2COC3C(OC(=O)c4ccc(O)cc4)COC23)cc1. The summed E-state index contributed by atoms with van der Waals surface area (Å²) in [6.07, 6.45) is -2.21. The summed E-state index contributed by atoms with van der Waals surface area (Å²) in [7, 11) is 1.55. The Kier molecular flexibility index (Phi) is 5.37. The molecule has 4 rings (SSSR count). The van der Waals surface area contributed by atoms with Crippen molar-refractivity contribution in [3.63, 3.8) is 0 Å². The number of aromatic hydroxyl groups is 1. The molecule has 2 aromatic carbocycles. The predicted molar refractivity (Wildman–Crippen MR) is 99.0 cm³/mol. The average molecular weight is 400 g/mol. The number of hydrogen-bond acceptors (Lipinski definition) is 8. The molecule has 0 spiro atoms. The molecule has 1 N–H and O–H groups in total. The normalized spacial score (nSPS) is 25.3. The lowest BCUT2D eigenvalue weighted by atomic mass is 10.1. The van der Waals surface area contributed by atoms with Crippen molar-refractivity contribution >= 4 is 11.9 Å². The first-order valence-corrected chi connectivity index (χ1v) is 9.13. The zero-order valence-corrected chi connectivity index (χ0v) is 15.6. The number of rotatable bonds is 5. The van der Waals surface area contributed by atoms with Crippen molar-refractivity contribution in [3.05, 3.63) is 59.7 Å². The van der Waals surface area contributed by atoms with Crippen LogP contribution in [0.15, 0.2) is 48.5 Å². The van der Waals surface area contributed by atoms with Gasteiger partial charge in [-0.3, -0.25) is 0 Å². The maximum atomic E-state index is 12.4. The van der Waals surface area contributed by atoms with Crippen LogP contribution in [0.4, 0.5) is 0 Å². The second-order valence-corrected chi connectivity index (χ2v) is 6.76. The minimum atomic E-state index is -0.606. The zero-order valence-electron chi connectivity index (χ0n) is 15.6. The molecular formula is C21H20O8. The van der Waals surface area contributed by atoms with Crippen molar-refractivity contribution in [2.75, 3.05) is 20.3 Å². The maximum absolute atomic E-state index is 12.4. The molecular weight excluding hydrogens is 380 g/mol. The van der Waals surface area contributed by atoms with E-state index in [2.05, 4.69) is 0 Å². The molecule has 2 saturated heterocycles. The maximum Gasteiger partial charge on any atom is 0.338 e. The van der Waals surface area contributed by atoms with Gasteiger partial charge in [-0.25, -0.2) is 9.59 Å². The van der Waals surface area contributed by atoms with Crippen LogP contribution >= 0.6 is 0 Å². The highest BCUT2D eigenvalue weighted by Gasteiger charge is 2.51. The van der Waals surface area contributed by atoms with Crippen LogP contribution in [0.1, 0.15) is 20.7 Å². The molecule has 2 heterocycles. The summed E-state index contributed by atoms with van der Waals surface area (Å²) in [4.78, 5) is 24.7. The van der Waals surface area contributed by atoms with Gasteiger partial charge >= 0.3 is 11.9 Å². The highest BCUT2D eigenvalue weighted by molar-refractivity contribution is 5.90. The largest absolute Gasteiger partial charge is 0.508 e. The third kappa shape index (κ3) is 4.03. The summed E-state index contributed by atoms with van der Waals surface area (Å²) in [5, 5.41) is 9.32. The van der Waals surface area contributed by atoms with Gasteiger partial charge in [0, 0.05) is 0 Å². The van der Waals surface area contributed by atoms with Crippen LogP contribution in [-0.2, 0) is 18.9 Å². The van der Waals surface area contributed by atoms with Crippen LogP contribution in [0.2, 0.25) is 0 Å². The number of carbonyl (C=O) groups is 2. The quantitative estimate of drug-likeness (QED) is 0.760. The summed E-state index contributed by atoms with van der Waals surface area (Å²) >= 11 is 0. The minimum absolute atomic E-state index is 0.0615. The second kappa shape index (κ2) is 8.10. The van der Waals surface area contributed by atoms with Gasteiger partial charge in [0.1, 0.15) is 23.7 Å². The second-order valence-electron chi connectivity index (χ2n) is 6.76. The van der Waals surface area contributed by atoms with Crippen molar-refractivity contribution in [1.82, 2.24) is 0 Å². The highest BCUT2D eigenvalue weighted by Crippen LogP contribution is 2.31. The summed E-state index contributed by atoms with van der Waals surface area (Å²) < 4.78 is 27.5. The molecule has 2 aliphatic rings. The van der Waals surface area contributed by atoms with E-state index in [0.29, 0.717) is 16.9 Å². The average Bonchev–Trinajstić information content (AvgIpc) is 3.32. The molecule has 4 atom stereocenters. The first-order chi connectivity index (χ1) is 14.0. The van der Waals surface area contributed by atoms with E-state index in [1.807, 2.05) is 0 Å². The first kappa shape index (κ1) is 19.2. The van der Waals surface area contributed by atoms with Crippen molar-refractivity contribution in [2.24, 2.45) is 0 Å². The molecule has 2 fully saturated rings. The van der Waals surface area contributed by atoms with Gasteiger partial charge in [-0.05, 0) is 48.5 Å². The molecule has 0 aliphatic carbocycles. The van der Waals surface area contributed by atoms with Gasteiger partial charge in [0.15, 0.2) is 12.2 Å². The van der Waals surface area contributed by atoms with Crippen molar-refractivity contribution in [2.45, 2.75) is 24.4 Å². The Morgan fingerprint density at radius 2 is 1.28 bits per heavy atom. The van der Waals surface area contributed by atoms with Crippen LogP contribution in [0, 0.1) is 0 Å². The van der Waals surface area contributed by atoms with Gasteiger partial charge in [0.2, 0.25) is 0 Å². The van der Waals surface area contributed by atoms with Crippen LogP contribution in [0.25, 0.3) is 0 Å².